The second-order valence-electron chi connectivity index (χ2n) is 6.92. The Labute approximate surface area is 141 Å². The molecule has 0 unspecified atom stereocenters. The van der Waals surface area contributed by atoms with E-state index in [0.29, 0.717) is 19.6 Å². The maximum atomic E-state index is 11.6. The molecule has 134 valence electrons. The second-order valence-corrected chi connectivity index (χ2v) is 6.92. The highest BCUT2D eigenvalue weighted by molar-refractivity contribution is 5.70. The minimum absolute atomic E-state index is 0.174. The van der Waals surface area contributed by atoms with Crippen LogP contribution in [-0.2, 0) is 19.1 Å². The summed E-state index contributed by atoms with van der Waals surface area (Å²) in [6, 6.07) is 0. The van der Waals surface area contributed by atoms with Crippen LogP contribution in [0.3, 0.4) is 0 Å². The molecule has 0 N–H and O–H groups in total. The highest BCUT2D eigenvalue weighted by atomic mass is 16.5. The summed E-state index contributed by atoms with van der Waals surface area (Å²) in [4.78, 5) is 22.5. The molecule has 0 saturated carbocycles. The lowest BCUT2D eigenvalue weighted by Gasteiger charge is -2.35. The number of hydrogen-bond acceptors (Lipinski definition) is 4. The van der Waals surface area contributed by atoms with Gasteiger partial charge in [0.1, 0.15) is 18.3 Å². The fraction of sp³-hybridized carbons (Fsp3) is 0.895. The van der Waals surface area contributed by atoms with Crippen molar-refractivity contribution < 1.29 is 19.1 Å². The van der Waals surface area contributed by atoms with Gasteiger partial charge < -0.3 is 14.3 Å². The highest BCUT2D eigenvalue weighted by Gasteiger charge is 2.39. The number of ether oxygens (including phenoxy) is 2. The Hall–Kier alpha value is -0.900. The Morgan fingerprint density at radius 3 is 1.91 bits per heavy atom. The van der Waals surface area contributed by atoms with Crippen LogP contribution in [0.15, 0.2) is 0 Å². The van der Waals surface area contributed by atoms with Crippen molar-refractivity contribution in [2.75, 3.05) is 19.8 Å². The summed E-state index contributed by atoms with van der Waals surface area (Å²) in [6.45, 7) is 3.18. The van der Waals surface area contributed by atoms with E-state index in [2.05, 4.69) is 6.92 Å². The van der Waals surface area contributed by atoms with Crippen LogP contribution in [0.1, 0.15) is 84.0 Å². The van der Waals surface area contributed by atoms with Crippen molar-refractivity contribution in [3.05, 3.63) is 0 Å². The largest absolute Gasteiger partial charge is 0.464 e. The van der Waals surface area contributed by atoms with E-state index < -0.39 is 5.41 Å². The van der Waals surface area contributed by atoms with Gasteiger partial charge in [0.2, 0.25) is 0 Å². The molecule has 0 spiro atoms. The van der Waals surface area contributed by atoms with Gasteiger partial charge in [-0.25, -0.2) is 0 Å². The van der Waals surface area contributed by atoms with Crippen LogP contribution in [0.5, 0.6) is 0 Å². The molecule has 4 nitrogen and oxygen atoms in total. The predicted molar refractivity (Wildman–Crippen MR) is 91.4 cm³/mol. The Balaban J connectivity index is 1.83. The zero-order chi connectivity index (χ0) is 16.8. The van der Waals surface area contributed by atoms with E-state index in [0.717, 1.165) is 19.1 Å². The molecule has 0 radical (unpaired) electrons. The maximum absolute atomic E-state index is 11.6. The van der Waals surface area contributed by atoms with Crippen LogP contribution in [0.4, 0.5) is 0 Å². The molecule has 1 fully saturated rings. The lowest BCUT2D eigenvalue weighted by Crippen LogP contribution is -2.48. The van der Waals surface area contributed by atoms with Gasteiger partial charge in [0.15, 0.2) is 0 Å². The lowest BCUT2D eigenvalue weighted by molar-refractivity contribution is -0.170. The van der Waals surface area contributed by atoms with Crippen molar-refractivity contribution >= 4 is 12.3 Å². The van der Waals surface area contributed by atoms with Gasteiger partial charge in [-0.15, -0.1) is 0 Å². The van der Waals surface area contributed by atoms with Gasteiger partial charge in [-0.05, 0) is 6.42 Å². The number of esters is 1. The number of aldehydes is 1. The maximum Gasteiger partial charge on any atom is 0.305 e. The summed E-state index contributed by atoms with van der Waals surface area (Å²) in [6.07, 6.45) is 15.3. The van der Waals surface area contributed by atoms with Crippen molar-refractivity contribution in [2.45, 2.75) is 84.0 Å². The van der Waals surface area contributed by atoms with E-state index in [1.54, 1.807) is 0 Å². The van der Waals surface area contributed by atoms with Gasteiger partial charge in [0.25, 0.3) is 0 Å². The van der Waals surface area contributed by atoms with E-state index in [1.165, 1.54) is 57.8 Å². The molecule has 1 saturated heterocycles. The van der Waals surface area contributed by atoms with Crippen molar-refractivity contribution in [1.82, 2.24) is 0 Å². The molecular weight excluding hydrogens is 292 g/mol. The fourth-order valence-corrected chi connectivity index (χ4v) is 2.78. The molecule has 0 amide bonds. The molecule has 0 aromatic heterocycles. The number of unbranched alkanes of at least 4 members (excludes halogenated alkanes) is 10. The third-order valence-electron chi connectivity index (χ3n) is 4.53. The SMILES string of the molecule is CCCCCCCCCCCCCC(=O)OCC1(C=O)COC1. The van der Waals surface area contributed by atoms with E-state index in [-0.39, 0.29) is 12.6 Å². The molecular formula is C19H34O4. The summed E-state index contributed by atoms with van der Waals surface area (Å²) in [5, 5.41) is 0. The lowest BCUT2D eigenvalue weighted by atomic mass is 9.89. The van der Waals surface area contributed by atoms with Gasteiger partial charge in [-0.3, -0.25) is 4.79 Å². The van der Waals surface area contributed by atoms with Gasteiger partial charge in [0, 0.05) is 6.42 Å². The topological polar surface area (TPSA) is 52.6 Å². The third kappa shape index (κ3) is 9.09. The summed E-state index contributed by atoms with van der Waals surface area (Å²) in [5.41, 5.74) is -0.563. The monoisotopic (exact) mass is 326 g/mol. The Kier molecular flexibility index (Phi) is 11.0. The van der Waals surface area contributed by atoms with Gasteiger partial charge in [-0.2, -0.15) is 0 Å². The number of hydrogen-bond donors (Lipinski definition) is 0. The molecule has 0 bridgehead atoms. The first-order valence-electron chi connectivity index (χ1n) is 9.42. The summed E-state index contributed by atoms with van der Waals surface area (Å²) >= 11 is 0. The van der Waals surface area contributed by atoms with Crippen molar-refractivity contribution in [2.24, 2.45) is 5.41 Å². The number of carbonyl (C=O) groups is 2. The first-order chi connectivity index (χ1) is 11.2. The Bertz CT molecular complexity index is 323. The Morgan fingerprint density at radius 1 is 0.957 bits per heavy atom. The standard InChI is InChI=1S/C19H34O4/c1-2-3-4-5-6-7-8-9-10-11-12-13-18(21)23-17-19(14-20)15-22-16-19/h14H,2-13,15-17H2,1H3. The van der Waals surface area contributed by atoms with Crippen LogP contribution in [0.2, 0.25) is 0 Å². The fourth-order valence-electron chi connectivity index (χ4n) is 2.78. The first kappa shape index (κ1) is 20.1. The molecule has 23 heavy (non-hydrogen) atoms. The summed E-state index contributed by atoms with van der Waals surface area (Å²) in [5.74, 6) is -0.186. The van der Waals surface area contributed by atoms with E-state index in [1.807, 2.05) is 0 Å². The minimum Gasteiger partial charge on any atom is -0.464 e. The second kappa shape index (κ2) is 12.5. The van der Waals surface area contributed by atoms with Crippen LogP contribution >= 0.6 is 0 Å². The molecule has 0 aliphatic carbocycles. The molecule has 1 aliphatic heterocycles. The third-order valence-corrected chi connectivity index (χ3v) is 4.53. The molecule has 0 atom stereocenters. The highest BCUT2D eigenvalue weighted by Crippen LogP contribution is 2.25. The molecule has 1 rings (SSSR count). The molecule has 0 aromatic carbocycles. The molecule has 0 aromatic rings. The molecule has 1 heterocycles. The van der Waals surface area contributed by atoms with Gasteiger partial charge in [-0.1, -0.05) is 71.1 Å². The van der Waals surface area contributed by atoms with E-state index >= 15 is 0 Å². The van der Waals surface area contributed by atoms with Crippen LogP contribution in [-0.4, -0.2) is 32.1 Å². The average Bonchev–Trinajstić information content (AvgIpc) is 2.52. The normalized spacial score (nSPS) is 15.9. The predicted octanol–water partition coefficient (Wildman–Crippen LogP) is 4.45. The van der Waals surface area contributed by atoms with Crippen LogP contribution < -0.4 is 0 Å². The zero-order valence-corrected chi connectivity index (χ0v) is 14.8. The summed E-state index contributed by atoms with van der Waals surface area (Å²) in [7, 11) is 0. The average molecular weight is 326 g/mol. The van der Waals surface area contributed by atoms with Crippen LogP contribution in [0.25, 0.3) is 0 Å². The minimum atomic E-state index is -0.563. The zero-order valence-electron chi connectivity index (χ0n) is 14.8. The van der Waals surface area contributed by atoms with Gasteiger partial charge in [0.05, 0.1) is 13.2 Å². The summed E-state index contributed by atoms with van der Waals surface area (Å²) < 4.78 is 10.2. The quantitative estimate of drug-likeness (QED) is 0.253. The smallest absolute Gasteiger partial charge is 0.305 e. The Morgan fingerprint density at radius 2 is 1.48 bits per heavy atom. The van der Waals surface area contributed by atoms with Crippen molar-refractivity contribution in [3.8, 4) is 0 Å². The van der Waals surface area contributed by atoms with Crippen molar-refractivity contribution in [3.63, 3.8) is 0 Å². The molecule has 1 aliphatic rings. The number of carbonyl (C=O) groups excluding carboxylic acids is 2. The van der Waals surface area contributed by atoms with Gasteiger partial charge >= 0.3 is 5.97 Å². The molecule has 4 heteroatoms. The first-order valence-corrected chi connectivity index (χ1v) is 9.42. The van der Waals surface area contributed by atoms with E-state index in [9.17, 15) is 9.59 Å². The van der Waals surface area contributed by atoms with E-state index in [4.69, 9.17) is 9.47 Å². The van der Waals surface area contributed by atoms with Crippen LogP contribution in [0, 0.1) is 5.41 Å². The number of rotatable bonds is 15. The van der Waals surface area contributed by atoms with Crippen molar-refractivity contribution in [1.29, 1.82) is 0 Å².